The van der Waals surface area contributed by atoms with Crippen molar-refractivity contribution in [3.8, 4) is 0 Å². The number of aliphatic hydroxyl groups is 2. The summed E-state index contributed by atoms with van der Waals surface area (Å²) in [6, 6.07) is 0. The number of aliphatic hydroxyl groups excluding tert-OH is 1. The fraction of sp³-hybridized carbons (Fsp3) is 0.733. The first kappa shape index (κ1) is 33.1. The Bertz CT molecular complexity index is 1240. The van der Waals surface area contributed by atoms with Gasteiger partial charge in [-0.25, -0.2) is 0 Å². The smallest absolute Gasteiger partial charge is 0.325 e. The average Bonchev–Trinajstić information content (AvgIpc) is 3.14. The Kier molecular flexibility index (Phi) is 9.44. The molecule has 4 aliphatic rings. The maximum absolute atomic E-state index is 13.6. The fourth-order valence-electron chi connectivity index (χ4n) is 8.41. The van der Waals surface area contributed by atoms with Crippen molar-refractivity contribution in [3.05, 3.63) is 33.9 Å². The number of ketones is 2. The number of nitrogens with one attached hydrogen (secondary N) is 1. The Hall–Kier alpha value is -2.83. The Morgan fingerprint density at radius 2 is 1.93 bits per heavy atom. The molecule has 43 heavy (non-hydrogen) atoms. The Balaban J connectivity index is 1.36. The van der Waals surface area contributed by atoms with Crippen molar-refractivity contribution in [2.45, 2.75) is 88.7 Å². The SMILES string of the molecule is C[C@H]1CC2C3CCC4=CC(=O)C=C[C@]4(C)[C@@]3(Cl)[C@@H](O)C[C@]2(C)[C@@]1(O)C(=O)COC(=O)CNC(=O)CCCCCO[N+](=O)[O-]. The van der Waals surface area contributed by atoms with Crippen LogP contribution in [0.5, 0.6) is 0 Å². The van der Waals surface area contributed by atoms with Crippen LogP contribution in [0.15, 0.2) is 23.8 Å². The highest BCUT2D eigenvalue weighted by atomic mass is 35.5. The molecule has 1 amide bonds. The van der Waals surface area contributed by atoms with Crippen molar-refractivity contribution in [3.63, 3.8) is 0 Å². The van der Waals surface area contributed by atoms with Crippen molar-refractivity contribution in [1.82, 2.24) is 5.32 Å². The van der Waals surface area contributed by atoms with Gasteiger partial charge in [-0.05, 0) is 68.4 Å². The maximum atomic E-state index is 13.6. The van der Waals surface area contributed by atoms with Crippen LogP contribution in [0.3, 0.4) is 0 Å². The molecule has 3 fully saturated rings. The van der Waals surface area contributed by atoms with E-state index in [-0.39, 0.29) is 37.1 Å². The molecule has 12 nitrogen and oxygen atoms in total. The van der Waals surface area contributed by atoms with Crippen LogP contribution in [-0.4, -0.2) is 75.1 Å². The van der Waals surface area contributed by atoms with Crippen molar-refractivity contribution in [2.75, 3.05) is 19.8 Å². The van der Waals surface area contributed by atoms with Crippen LogP contribution in [0.2, 0.25) is 0 Å². The molecule has 0 heterocycles. The molecule has 3 N–H and O–H groups in total. The number of allylic oxidation sites excluding steroid dienone is 4. The van der Waals surface area contributed by atoms with Gasteiger partial charge in [0.2, 0.25) is 11.7 Å². The number of carbonyl (C=O) groups excluding carboxylic acids is 4. The summed E-state index contributed by atoms with van der Waals surface area (Å²) in [5, 5.41) is 35.4. The molecule has 0 spiro atoms. The van der Waals surface area contributed by atoms with Gasteiger partial charge in [-0.1, -0.05) is 38.8 Å². The van der Waals surface area contributed by atoms with Gasteiger partial charge in [0.05, 0.1) is 17.6 Å². The molecular weight excluding hydrogens is 584 g/mol. The molecule has 0 aliphatic heterocycles. The van der Waals surface area contributed by atoms with E-state index in [9.17, 15) is 39.5 Å². The minimum Gasteiger partial charge on any atom is -0.456 e. The second-order valence-corrected chi connectivity index (χ2v) is 13.5. The number of esters is 1. The highest BCUT2D eigenvalue weighted by Crippen LogP contribution is 2.71. The summed E-state index contributed by atoms with van der Waals surface area (Å²) in [5.74, 6) is -2.96. The quantitative estimate of drug-likeness (QED) is 0.0959. The normalized spacial score (nSPS) is 37.8. The van der Waals surface area contributed by atoms with Crippen LogP contribution in [0.1, 0.15) is 72.1 Å². The van der Waals surface area contributed by atoms with E-state index in [0.29, 0.717) is 38.5 Å². The van der Waals surface area contributed by atoms with E-state index < -0.39 is 69.2 Å². The summed E-state index contributed by atoms with van der Waals surface area (Å²) in [6.45, 7) is 4.34. The number of hydrogen-bond donors (Lipinski definition) is 3. The molecule has 8 atom stereocenters. The van der Waals surface area contributed by atoms with Crippen molar-refractivity contribution in [1.29, 1.82) is 0 Å². The molecule has 13 heteroatoms. The fourth-order valence-corrected chi connectivity index (χ4v) is 8.93. The van der Waals surface area contributed by atoms with Crippen molar-refractivity contribution < 1.29 is 44.1 Å². The Labute approximate surface area is 255 Å². The molecule has 4 rings (SSSR count). The van der Waals surface area contributed by atoms with Crippen LogP contribution in [-0.2, 0) is 28.8 Å². The summed E-state index contributed by atoms with van der Waals surface area (Å²) in [4.78, 5) is 63.2. The molecule has 4 aliphatic carbocycles. The number of amides is 1. The first-order valence-corrected chi connectivity index (χ1v) is 15.3. The first-order valence-electron chi connectivity index (χ1n) is 14.9. The van der Waals surface area contributed by atoms with Gasteiger partial charge in [0, 0.05) is 17.3 Å². The number of hydrogen-bond acceptors (Lipinski definition) is 10. The number of carbonyl (C=O) groups is 4. The van der Waals surface area contributed by atoms with Gasteiger partial charge in [-0.3, -0.25) is 19.2 Å². The number of unbranched alkanes of at least 4 members (excludes halogenated alkanes) is 2. The molecule has 0 aromatic heterocycles. The third kappa shape index (κ3) is 5.62. The van der Waals surface area contributed by atoms with Gasteiger partial charge in [0.25, 0.3) is 5.09 Å². The second-order valence-electron chi connectivity index (χ2n) is 12.9. The first-order chi connectivity index (χ1) is 20.1. The topological polar surface area (TPSA) is 182 Å². The molecule has 3 saturated carbocycles. The summed E-state index contributed by atoms with van der Waals surface area (Å²) in [6.07, 6.45) is 7.06. The third-order valence-electron chi connectivity index (χ3n) is 10.7. The van der Waals surface area contributed by atoms with Gasteiger partial charge < -0.3 is 25.1 Å². The summed E-state index contributed by atoms with van der Waals surface area (Å²) < 4.78 is 5.15. The lowest BCUT2D eigenvalue weighted by Crippen LogP contribution is -2.69. The number of rotatable bonds is 12. The van der Waals surface area contributed by atoms with Crippen molar-refractivity contribution in [2.24, 2.45) is 28.6 Å². The Morgan fingerprint density at radius 1 is 1.21 bits per heavy atom. The highest BCUT2D eigenvalue weighted by Gasteiger charge is 2.74. The maximum Gasteiger partial charge on any atom is 0.325 e. The molecule has 2 unspecified atom stereocenters. The third-order valence-corrected chi connectivity index (χ3v) is 11.6. The molecule has 238 valence electrons. The average molecular weight is 625 g/mol. The van der Waals surface area contributed by atoms with Gasteiger partial charge >= 0.3 is 5.97 Å². The zero-order chi connectivity index (χ0) is 31.8. The lowest BCUT2D eigenvalue weighted by molar-refractivity contribution is -0.757. The minimum atomic E-state index is -1.88. The minimum absolute atomic E-state index is 0.0523. The van der Waals surface area contributed by atoms with Crippen LogP contribution < -0.4 is 5.32 Å². The van der Waals surface area contributed by atoms with E-state index in [1.807, 2.05) is 6.92 Å². The van der Waals surface area contributed by atoms with Gasteiger partial charge in [0.15, 0.2) is 12.4 Å². The van der Waals surface area contributed by atoms with Crippen LogP contribution >= 0.6 is 11.6 Å². The zero-order valence-electron chi connectivity index (χ0n) is 24.8. The van der Waals surface area contributed by atoms with Gasteiger partial charge in [0.1, 0.15) is 12.1 Å². The van der Waals surface area contributed by atoms with Crippen LogP contribution in [0.4, 0.5) is 0 Å². The number of ether oxygens (including phenoxy) is 1. The number of halogens is 1. The zero-order valence-corrected chi connectivity index (χ0v) is 25.6. The predicted molar refractivity (Wildman–Crippen MR) is 153 cm³/mol. The number of alkyl halides is 1. The number of nitrogens with zero attached hydrogens (tertiary/aromatic N) is 1. The predicted octanol–water partition coefficient (Wildman–Crippen LogP) is 2.60. The molecule has 0 saturated heterocycles. The summed E-state index contributed by atoms with van der Waals surface area (Å²) in [7, 11) is 0. The van der Waals surface area contributed by atoms with E-state index in [2.05, 4.69) is 10.2 Å². The number of fused-ring (bicyclic) bond motifs is 5. The second kappa shape index (κ2) is 12.3. The summed E-state index contributed by atoms with van der Waals surface area (Å²) in [5.41, 5.74) is -2.80. The van der Waals surface area contributed by atoms with Crippen LogP contribution in [0.25, 0.3) is 0 Å². The monoisotopic (exact) mass is 624 g/mol. The highest BCUT2D eigenvalue weighted by molar-refractivity contribution is 6.26. The van der Waals surface area contributed by atoms with Crippen LogP contribution in [0, 0.1) is 38.7 Å². The van der Waals surface area contributed by atoms with Crippen molar-refractivity contribution >= 4 is 35.0 Å². The Morgan fingerprint density at radius 3 is 2.63 bits per heavy atom. The lowest BCUT2D eigenvalue weighted by Gasteiger charge is -2.63. The van der Waals surface area contributed by atoms with E-state index >= 15 is 0 Å². The van der Waals surface area contributed by atoms with Gasteiger partial charge in [-0.15, -0.1) is 21.7 Å². The number of Topliss-reactive ketones (excluding diaryl/α,β-unsaturated/α-hetero) is 1. The molecule has 0 aromatic rings. The van der Waals surface area contributed by atoms with E-state index in [0.717, 1.165) is 5.57 Å². The van der Waals surface area contributed by atoms with E-state index in [1.54, 1.807) is 26.0 Å². The molecule has 0 radical (unpaired) electrons. The molecule has 0 bridgehead atoms. The molecule has 0 aromatic carbocycles. The van der Waals surface area contributed by atoms with Gasteiger partial charge in [-0.2, -0.15) is 0 Å². The lowest BCUT2D eigenvalue weighted by atomic mass is 9.45. The standard InChI is InChI=1S/C30H41ClN2O10/c1-18-13-22-21-9-8-19-14-20(34)10-11-27(19,2)29(21,31)23(35)15-28(22,3)30(18,39)24(36)17-42-26(38)16-32-25(37)7-5-4-6-12-43-33(40)41/h10-11,14,18,21-23,35,39H,4-9,12-13,15-17H2,1-3H3,(H,32,37)/t18-,21?,22?,23-,27-,28-,29-,30-/m0/s1. The molecular formula is C30H41ClN2O10. The van der Waals surface area contributed by atoms with E-state index in [4.69, 9.17) is 16.3 Å². The largest absolute Gasteiger partial charge is 0.456 e. The van der Waals surface area contributed by atoms with E-state index in [1.165, 1.54) is 6.08 Å². The summed E-state index contributed by atoms with van der Waals surface area (Å²) >= 11 is 7.41.